The molecule has 17 heavy (non-hydrogen) atoms. The van der Waals surface area contributed by atoms with Gasteiger partial charge in [0.1, 0.15) is 0 Å². The molecular weight excluding hydrogens is 214 g/mol. The zero-order chi connectivity index (χ0) is 11.9. The van der Waals surface area contributed by atoms with Gasteiger partial charge in [-0.1, -0.05) is 12.1 Å². The fourth-order valence-electron chi connectivity index (χ4n) is 1.46. The van der Waals surface area contributed by atoms with E-state index in [-0.39, 0.29) is 0 Å². The first-order valence-electron chi connectivity index (χ1n) is 5.57. The number of hydrogen-bond acceptors (Lipinski definition) is 4. The van der Waals surface area contributed by atoms with Crippen LogP contribution in [0.25, 0.3) is 0 Å². The molecule has 0 unspecified atom stereocenters. The highest BCUT2D eigenvalue weighted by molar-refractivity contribution is 5.15. The van der Waals surface area contributed by atoms with Crippen molar-refractivity contribution in [2.45, 2.75) is 13.0 Å². The summed E-state index contributed by atoms with van der Waals surface area (Å²) in [6.45, 7) is 0.996. The third-order valence-corrected chi connectivity index (χ3v) is 2.32. The summed E-state index contributed by atoms with van der Waals surface area (Å²) in [4.78, 5) is 8.48. The Hall–Kier alpha value is -1.94. The molecule has 4 nitrogen and oxygen atoms in total. The van der Waals surface area contributed by atoms with Crippen molar-refractivity contribution >= 4 is 0 Å². The molecule has 0 saturated carbocycles. The summed E-state index contributed by atoms with van der Waals surface area (Å²) in [5.41, 5.74) is 7.36. The van der Waals surface area contributed by atoms with Gasteiger partial charge in [-0.2, -0.15) is 0 Å². The van der Waals surface area contributed by atoms with E-state index in [0.29, 0.717) is 19.0 Å². The van der Waals surface area contributed by atoms with Gasteiger partial charge in [-0.3, -0.25) is 4.98 Å². The molecule has 0 fully saturated rings. The van der Waals surface area contributed by atoms with Gasteiger partial charge < -0.3 is 10.5 Å². The lowest BCUT2D eigenvalue weighted by atomic mass is 10.3. The Morgan fingerprint density at radius 1 is 1.06 bits per heavy atom. The summed E-state index contributed by atoms with van der Waals surface area (Å²) in [7, 11) is 0. The molecule has 0 amide bonds. The zero-order valence-electron chi connectivity index (χ0n) is 9.54. The minimum absolute atomic E-state index is 0.428. The SMILES string of the molecule is NCc1cccc(OCCc2ccccn2)n1. The Morgan fingerprint density at radius 3 is 2.71 bits per heavy atom. The first-order valence-corrected chi connectivity index (χ1v) is 5.57. The highest BCUT2D eigenvalue weighted by Gasteiger charge is 1.98. The third-order valence-electron chi connectivity index (χ3n) is 2.32. The lowest BCUT2D eigenvalue weighted by Crippen LogP contribution is -2.06. The fraction of sp³-hybridized carbons (Fsp3) is 0.231. The van der Waals surface area contributed by atoms with E-state index < -0.39 is 0 Å². The second kappa shape index (κ2) is 5.96. The second-order valence-corrected chi connectivity index (χ2v) is 3.59. The van der Waals surface area contributed by atoms with Crippen molar-refractivity contribution in [3.63, 3.8) is 0 Å². The zero-order valence-corrected chi connectivity index (χ0v) is 9.54. The largest absolute Gasteiger partial charge is 0.477 e. The van der Waals surface area contributed by atoms with E-state index in [4.69, 9.17) is 10.5 Å². The van der Waals surface area contributed by atoms with Crippen LogP contribution < -0.4 is 10.5 Å². The second-order valence-electron chi connectivity index (χ2n) is 3.59. The number of nitrogens with two attached hydrogens (primary N) is 1. The fourth-order valence-corrected chi connectivity index (χ4v) is 1.46. The molecule has 0 spiro atoms. The Labute approximate surface area is 100 Å². The van der Waals surface area contributed by atoms with Crippen molar-refractivity contribution in [2.24, 2.45) is 5.73 Å². The number of aromatic nitrogens is 2. The van der Waals surface area contributed by atoms with E-state index in [1.807, 2.05) is 36.4 Å². The van der Waals surface area contributed by atoms with Crippen LogP contribution >= 0.6 is 0 Å². The smallest absolute Gasteiger partial charge is 0.213 e. The van der Waals surface area contributed by atoms with Crippen LogP contribution in [-0.2, 0) is 13.0 Å². The van der Waals surface area contributed by atoms with E-state index in [9.17, 15) is 0 Å². The molecule has 0 aliphatic carbocycles. The van der Waals surface area contributed by atoms with Gasteiger partial charge in [-0.05, 0) is 18.2 Å². The molecule has 2 rings (SSSR count). The Morgan fingerprint density at radius 2 is 1.94 bits per heavy atom. The topological polar surface area (TPSA) is 61.0 Å². The van der Waals surface area contributed by atoms with Gasteiger partial charge >= 0.3 is 0 Å². The van der Waals surface area contributed by atoms with Crippen LogP contribution in [0.15, 0.2) is 42.6 Å². The quantitative estimate of drug-likeness (QED) is 0.845. The molecule has 88 valence electrons. The van der Waals surface area contributed by atoms with Crippen molar-refractivity contribution in [3.05, 3.63) is 54.0 Å². The predicted octanol–water partition coefficient (Wildman–Crippen LogP) is 1.56. The van der Waals surface area contributed by atoms with Crippen LogP contribution in [0.5, 0.6) is 5.88 Å². The van der Waals surface area contributed by atoms with Crippen molar-refractivity contribution in [1.82, 2.24) is 9.97 Å². The normalized spacial score (nSPS) is 10.2. The van der Waals surface area contributed by atoms with Crippen molar-refractivity contribution in [2.75, 3.05) is 6.61 Å². The number of pyridine rings is 2. The minimum atomic E-state index is 0.428. The summed E-state index contributed by atoms with van der Waals surface area (Å²) in [5.74, 6) is 0.615. The van der Waals surface area contributed by atoms with Crippen molar-refractivity contribution < 1.29 is 4.74 Å². The van der Waals surface area contributed by atoms with Gasteiger partial charge in [-0.15, -0.1) is 0 Å². The molecule has 0 aliphatic rings. The molecule has 0 radical (unpaired) electrons. The van der Waals surface area contributed by atoms with Crippen LogP contribution in [-0.4, -0.2) is 16.6 Å². The number of hydrogen-bond donors (Lipinski definition) is 1. The first kappa shape index (κ1) is 11.5. The molecule has 0 aromatic carbocycles. The van der Waals surface area contributed by atoms with Crippen LogP contribution in [0.4, 0.5) is 0 Å². The lowest BCUT2D eigenvalue weighted by Gasteiger charge is -2.05. The molecule has 0 atom stereocenters. The van der Waals surface area contributed by atoms with Crippen LogP contribution in [0.1, 0.15) is 11.4 Å². The predicted molar refractivity (Wildman–Crippen MR) is 65.6 cm³/mol. The van der Waals surface area contributed by atoms with E-state index in [1.54, 1.807) is 6.20 Å². The average molecular weight is 229 g/mol. The van der Waals surface area contributed by atoms with Crippen molar-refractivity contribution in [1.29, 1.82) is 0 Å². The van der Waals surface area contributed by atoms with Gasteiger partial charge in [-0.25, -0.2) is 4.98 Å². The summed E-state index contributed by atoms with van der Waals surface area (Å²) < 4.78 is 5.55. The molecule has 2 aromatic heterocycles. The van der Waals surface area contributed by atoms with Crippen LogP contribution in [0.2, 0.25) is 0 Å². The van der Waals surface area contributed by atoms with E-state index in [2.05, 4.69) is 9.97 Å². The van der Waals surface area contributed by atoms with Crippen LogP contribution in [0.3, 0.4) is 0 Å². The van der Waals surface area contributed by atoms with Crippen molar-refractivity contribution in [3.8, 4) is 5.88 Å². The number of ether oxygens (including phenoxy) is 1. The average Bonchev–Trinajstić information content (AvgIpc) is 2.40. The van der Waals surface area contributed by atoms with Gasteiger partial charge in [0.25, 0.3) is 0 Å². The third kappa shape index (κ3) is 3.53. The Kier molecular flexibility index (Phi) is 4.05. The van der Waals surface area contributed by atoms with Gasteiger partial charge in [0.2, 0.25) is 5.88 Å². The Bertz CT molecular complexity index is 459. The molecule has 2 N–H and O–H groups in total. The molecule has 0 saturated heterocycles. The lowest BCUT2D eigenvalue weighted by molar-refractivity contribution is 0.307. The maximum Gasteiger partial charge on any atom is 0.213 e. The highest BCUT2D eigenvalue weighted by Crippen LogP contribution is 2.07. The summed E-state index contributed by atoms with van der Waals surface area (Å²) >= 11 is 0. The summed E-state index contributed by atoms with van der Waals surface area (Å²) in [5, 5.41) is 0. The molecular formula is C13H15N3O. The summed E-state index contributed by atoms with van der Waals surface area (Å²) in [6.07, 6.45) is 2.55. The molecule has 2 heterocycles. The molecule has 4 heteroatoms. The maximum atomic E-state index is 5.55. The number of rotatable bonds is 5. The van der Waals surface area contributed by atoms with Gasteiger partial charge in [0.15, 0.2) is 0 Å². The maximum absolute atomic E-state index is 5.55. The highest BCUT2D eigenvalue weighted by atomic mass is 16.5. The van der Waals surface area contributed by atoms with E-state index in [1.165, 1.54) is 0 Å². The molecule has 0 aliphatic heterocycles. The Balaban J connectivity index is 1.86. The van der Waals surface area contributed by atoms with E-state index >= 15 is 0 Å². The standard InChI is InChI=1S/C13H15N3O/c14-10-12-5-3-6-13(16-12)17-9-7-11-4-1-2-8-15-11/h1-6,8H,7,9-10,14H2. The number of nitrogens with zero attached hydrogens (tertiary/aromatic N) is 2. The van der Waals surface area contributed by atoms with E-state index in [0.717, 1.165) is 17.8 Å². The van der Waals surface area contributed by atoms with Crippen LogP contribution in [0, 0.1) is 0 Å². The monoisotopic (exact) mass is 229 g/mol. The molecule has 2 aromatic rings. The first-order chi connectivity index (χ1) is 8.38. The molecule has 0 bridgehead atoms. The van der Waals surface area contributed by atoms with Gasteiger partial charge in [0, 0.05) is 30.9 Å². The summed E-state index contributed by atoms with van der Waals surface area (Å²) in [6, 6.07) is 11.5. The minimum Gasteiger partial charge on any atom is -0.477 e. The van der Waals surface area contributed by atoms with Gasteiger partial charge in [0.05, 0.1) is 12.3 Å².